The van der Waals surface area contributed by atoms with E-state index < -0.39 is 12.0 Å². The molecule has 0 saturated carbocycles. The molecule has 2 radical (unpaired) electrons. The number of aliphatic hydroxyl groups excluding tert-OH is 1. The Labute approximate surface area is 244 Å². The van der Waals surface area contributed by atoms with Crippen LogP contribution in [0.15, 0.2) is 53.8 Å². The zero-order valence-corrected chi connectivity index (χ0v) is 25.3. The number of halogens is 1. The van der Waals surface area contributed by atoms with Gasteiger partial charge in [-0.15, -0.1) is 11.3 Å². The van der Waals surface area contributed by atoms with Crippen molar-refractivity contribution < 1.29 is 14.6 Å². The highest BCUT2D eigenvalue weighted by atomic mass is 35.5. The minimum absolute atomic E-state index is 0.0860. The molecular formula is C28H32ClN5O4SSi. The van der Waals surface area contributed by atoms with E-state index >= 15 is 0 Å². The molecular weight excluding hydrogens is 566 g/mol. The van der Waals surface area contributed by atoms with Gasteiger partial charge in [-0.05, 0) is 30.8 Å². The number of rotatable bonds is 13. The van der Waals surface area contributed by atoms with Crippen molar-refractivity contribution in [2.24, 2.45) is 7.05 Å². The number of carbonyl (C=O) groups excluding carboxylic acids is 1. The van der Waals surface area contributed by atoms with Gasteiger partial charge in [-0.25, -0.2) is 0 Å². The Balaban J connectivity index is 1.60. The summed E-state index contributed by atoms with van der Waals surface area (Å²) >= 11 is 7.32. The van der Waals surface area contributed by atoms with Gasteiger partial charge in [0.05, 0.1) is 28.7 Å². The Bertz CT molecular complexity index is 1500. The maximum Gasteiger partial charge on any atom is 0.257 e. The predicted octanol–water partition coefficient (Wildman–Crippen LogP) is 3.83. The smallest absolute Gasteiger partial charge is 0.257 e. The third-order valence-corrected chi connectivity index (χ3v) is 8.53. The average molecular weight is 598 g/mol. The van der Waals surface area contributed by atoms with Gasteiger partial charge in [0, 0.05) is 76.9 Å². The number of benzene rings is 1. The molecule has 1 unspecified atom stereocenters. The summed E-state index contributed by atoms with van der Waals surface area (Å²) in [6.45, 7) is 4.22. The van der Waals surface area contributed by atoms with Crippen LogP contribution >= 0.6 is 22.9 Å². The standard InChI is InChI=1S/C28H32ClN5O4SSi/c1-33(15-23(35)22-13-30-8-9-31-22)16-24-21(17-38-10-11-40-3)25-27(39-24)26(36)20(14-34(25)2)28(37)32-12-18-4-6-19(29)7-5-18/h4-9,13-14,23,35H,10-12,15-17H2,1-3H3,(H,32,37). The van der Waals surface area contributed by atoms with Crippen molar-refractivity contribution in [2.45, 2.75) is 38.4 Å². The van der Waals surface area contributed by atoms with Crippen LogP contribution < -0.4 is 10.7 Å². The van der Waals surface area contributed by atoms with Gasteiger partial charge < -0.3 is 19.7 Å². The first-order valence-corrected chi connectivity index (χ1v) is 15.7. The van der Waals surface area contributed by atoms with Crippen molar-refractivity contribution in [2.75, 3.05) is 20.2 Å². The largest absolute Gasteiger partial charge is 0.385 e. The van der Waals surface area contributed by atoms with Crippen LogP contribution in [-0.4, -0.2) is 60.2 Å². The van der Waals surface area contributed by atoms with Gasteiger partial charge in [0.2, 0.25) is 5.43 Å². The highest BCUT2D eigenvalue weighted by Crippen LogP contribution is 2.31. The number of aryl methyl sites for hydroxylation is 1. The van der Waals surface area contributed by atoms with Crippen molar-refractivity contribution in [3.8, 4) is 0 Å². The third-order valence-electron chi connectivity index (χ3n) is 6.37. The molecule has 4 rings (SSSR count). The van der Waals surface area contributed by atoms with Gasteiger partial charge in [-0.2, -0.15) is 0 Å². The summed E-state index contributed by atoms with van der Waals surface area (Å²) in [5.74, 6) is -0.432. The summed E-state index contributed by atoms with van der Waals surface area (Å²) in [6, 6.07) is 8.15. The highest BCUT2D eigenvalue weighted by Gasteiger charge is 2.23. The molecule has 4 aromatic rings. The van der Waals surface area contributed by atoms with Crippen LogP contribution in [-0.2, 0) is 31.5 Å². The van der Waals surface area contributed by atoms with Crippen LogP contribution in [0.4, 0.5) is 0 Å². The van der Waals surface area contributed by atoms with Gasteiger partial charge in [-0.1, -0.05) is 30.3 Å². The number of carbonyl (C=O) groups is 1. The lowest BCUT2D eigenvalue weighted by Gasteiger charge is -2.20. The second kappa shape index (κ2) is 14.1. The lowest BCUT2D eigenvalue weighted by atomic mass is 10.1. The normalized spacial score (nSPS) is 12.2. The fraction of sp³-hybridized carbons (Fsp3) is 0.357. The second-order valence-electron chi connectivity index (χ2n) is 9.47. The number of fused-ring (bicyclic) bond motifs is 1. The van der Waals surface area contributed by atoms with Crippen LogP contribution in [0.1, 0.15) is 38.2 Å². The fourth-order valence-electron chi connectivity index (χ4n) is 4.32. The van der Waals surface area contributed by atoms with E-state index in [0.29, 0.717) is 41.7 Å². The van der Waals surface area contributed by atoms with Gasteiger partial charge in [0.15, 0.2) is 0 Å². The lowest BCUT2D eigenvalue weighted by Crippen LogP contribution is -2.29. The molecule has 1 amide bonds. The molecule has 1 atom stereocenters. The van der Waals surface area contributed by atoms with Gasteiger partial charge in [0.25, 0.3) is 5.91 Å². The Morgan fingerprint density at radius 2 is 2.08 bits per heavy atom. The monoisotopic (exact) mass is 597 g/mol. The Morgan fingerprint density at radius 3 is 2.77 bits per heavy atom. The number of nitrogens with zero attached hydrogens (tertiary/aromatic N) is 4. The number of amides is 1. The summed E-state index contributed by atoms with van der Waals surface area (Å²) in [4.78, 5) is 37.8. The topological polar surface area (TPSA) is 110 Å². The number of pyridine rings is 1. The van der Waals surface area contributed by atoms with Crippen molar-refractivity contribution in [3.05, 3.63) is 91.6 Å². The van der Waals surface area contributed by atoms with E-state index in [2.05, 4.69) is 21.8 Å². The first kappa shape index (κ1) is 30.0. The molecule has 2 N–H and O–H groups in total. The van der Waals surface area contributed by atoms with Gasteiger partial charge >= 0.3 is 0 Å². The first-order valence-electron chi connectivity index (χ1n) is 12.8. The SMILES string of the molecule is C[Si]CCOCc1c(CN(C)CC(O)c2cnccn2)sc2c(=O)c(C(=O)NCc3ccc(Cl)cc3)cn(C)c12. The number of hydrogen-bond donors (Lipinski definition) is 2. The Kier molecular flexibility index (Phi) is 10.6. The second-order valence-corrected chi connectivity index (χ2v) is 12.2. The average Bonchev–Trinajstić information content (AvgIpc) is 3.31. The van der Waals surface area contributed by atoms with Crippen molar-refractivity contribution in [1.82, 2.24) is 24.8 Å². The number of ether oxygens (including phenoxy) is 1. The number of hydrogen-bond acceptors (Lipinski definition) is 8. The fourth-order valence-corrected chi connectivity index (χ4v) is 6.17. The van der Waals surface area contributed by atoms with E-state index in [4.69, 9.17) is 16.3 Å². The summed E-state index contributed by atoms with van der Waals surface area (Å²) in [6.07, 6.45) is 5.46. The van der Waals surface area contributed by atoms with E-state index in [1.807, 2.05) is 35.7 Å². The summed E-state index contributed by atoms with van der Waals surface area (Å²) in [7, 11) is 4.54. The summed E-state index contributed by atoms with van der Waals surface area (Å²) in [5.41, 5.74) is 2.85. The molecule has 0 aliphatic carbocycles. The molecule has 0 spiro atoms. The Hall–Kier alpha value is -2.93. The van der Waals surface area contributed by atoms with Crippen LogP contribution in [0.25, 0.3) is 10.2 Å². The quantitative estimate of drug-likeness (QED) is 0.178. The minimum atomic E-state index is -0.805. The minimum Gasteiger partial charge on any atom is -0.385 e. The van der Waals surface area contributed by atoms with E-state index in [1.165, 1.54) is 11.3 Å². The highest BCUT2D eigenvalue weighted by molar-refractivity contribution is 7.19. The number of nitrogens with one attached hydrogen (secondary N) is 1. The molecule has 12 heteroatoms. The van der Waals surface area contributed by atoms with Gasteiger partial charge in [-0.3, -0.25) is 24.5 Å². The molecule has 3 heterocycles. The van der Waals surface area contributed by atoms with Crippen molar-refractivity contribution in [3.63, 3.8) is 0 Å². The third kappa shape index (κ3) is 7.42. The molecule has 0 fully saturated rings. The molecule has 1 aromatic carbocycles. The van der Waals surface area contributed by atoms with Crippen LogP contribution in [0, 0.1) is 0 Å². The zero-order chi connectivity index (χ0) is 28.6. The van der Waals surface area contributed by atoms with Crippen LogP contribution in [0.5, 0.6) is 0 Å². The van der Waals surface area contributed by atoms with E-state index in [-0.39, 0.29) is 17.5 Å². The van der Waals surface area contributed by atoms with Gasteiger partial charge in [0.1, 0.15) is 11.7 Å². The maximum atomic E-state index is 13.6. The van der Waals surface area contributed by atoms with Crippen LogP contribution in [0.2, 0.25) is 17.6 Å². The molecule has 0 aliphatic rings. The van der Waals surface area contributed by atoms with E-state index in [9.17, 15) is 14.7 Å². The number of aromatic nitrogens is 3. The van der Waals surface area contributed by atoms with Crippen molar-refractivity contribution in [1.29, 1.82) is 0 Å². The molecule has 3 aromatic heterocycles. The molecule has 210 valence electrons. The molecule has 0 bridgehead atoms. The molecule has 40 heavy (non-hydrogen) atoms. The number of thiophene rings is 1. The van der Waals surface area contributed by atoms with E-state index in [0.717, 1.165) is 37.1 Å². The maximum absolute atomic E-state index is 13.6. The summed E-state index contributed by atoms with van der Waals surface area (Å²) < 4.78 is 8.34. The molecule has 0 aliphatic heterocycles. The molecule has 9 nitrogen and oxygen atoms in total. The zero-order valence-electron chi connectivity index (χ0n) is 22.7. The van der Waals surface area contributed by atoms with Crippen LogP contribution in [0.3, 0.4) is 0 Å². The summed E-state index contributed by atoms with van der Waals surface area (Å²) in [5, 5.41) is 14.1. The number of likely N-dealkylation sites (N-methyl/N-ethyl adjacent to an activating group) is 1. The number of aliphatic hydroxyl groups is 1. The Morgan fingerprint density at radius 1 is 1.30 bits per heavy atom. The van der Waals surface area contributed by atoms with E-state index in [1.54, 1.807) is 36.9 Å². The first-order chi connectivity index (χ1) is 19.3. The van der Waals surface area contributed by atoms with Crippen molar-refractivity contribution >= 4 is 48.6 Å². The lowest BCUT2D eigenvalue weighted by molar-refractivity contribution is 0.0949. The molecule has 0 saturated heterocycles. The predicted molar refractivity (Wildman–Crippen MR) is 159 cm³/mol.